The summed E-state index contributed by atoms with van der Waals surface area (Å²) in [6.45, 7) is 10.7. The van der Waals surface area contributed by atoms with Crippen LogP contribution in [0.4, 0.5) is 11.9 Å². The van der Waals surface area contributed by atoms with Crippen molar-refractivity contribution in [2.24, 2.45) is 0 Å². The number of ether oxygens (including phenoxy) is 2. The van der Waals surface area contributed by atoms with Gasteiger partial charge in [-0.2, -0.15) is 15.0 Å². The molecule has 0 unspecified atom stereocenters. The summed E-state index contributed by atoms with van der Waals surface area (Å²) in [5.74, 6) is 1.12. The zero-order valence-corrected chi connectivity index (χ0v) is 14.0. The van der Waals surface area contributed by atoms with Gasteiger partial charge in [0.15, 0.2) is 0 Å². The molecule has 133 valence electrons. The third-order valence-corrected chi connectivity index (χ3v) is 4.15. The van der Waals surface area contributed by atoms with Crippen LogP contribution in [0.3, 0.4) is 0 Å². The lowest BCUT2D eigenvalue weighted by Crippen LogP contribution is -2.39. The molecule has 0 aliphatic carbocycles. The van der Waals surface area contributed by atoms with E-state index >= 15 is 0 Å². The molecule has 2 fully saturated rings. The van der Waals surface area contributed by atoms with Gasteiger partial charge in [-0.05, 0) is 0 Å². The summed E-state index contributed by atoms with van der Waals surface area (Å²) in [5.41, 5.74) is 0. The Kier molecular flexibility index (Phi) is 6.97. The molecule has 2 N–H and O–H groups in total. The Morgan fingerprint density at radius 3 is 1.71 bits per heavy atom. The Morgan fingerprint density at radius 1 is 0.792 bits per heavy atom. The summed E-state index contributed by atoms with van der Waals surface area (Å²) in [6, 6.07) is 0. The van der Waals surface area contributed by atoms with Crippen molar-refractivity contribution in [3.05, 3.63) is 6.33 Å². The molecule has 2 aliphatic rings. The molecular weight excluding hydrogens is 310 g/mol. The van der Waals surface area contributed by atoms with Crippen LogP contribution >= 0.6 is 0 Å². The number of nitrogens with zero attached hydrogens (tertiary/aromatic N) is 5. The van der Waals surface area contributed by atoms with Crippen molar-refractivity contribution in [3.63, 3.8) is 0 Å². The van der Waals surface area contributed by atoms with E-state index in [4.69, 9.17) is 9.47 Å². The standard InChI is InChI=1S/C15H26N7O2/c1(3-21-5-9-23-10-6-21)16-14-18-13-19-15(20-14)17-2-4-22-7-11-24-12-8-22/h1-12H2,(H2,16,17,18,19,20). The molecule has 0 bridgehead atoms. The molecule has 2 saturated heterocycles. The molecule has 1 radical (unpaired) electrons. The van der Waals surface area contributed by atoms with Gasteiger partial charge in [0, 0.05) is 52.4 Å². The van der Waals surface area contributed by atoms with Crippen molar-refractivity contribution in [1.29, 1.82) is 0 Å². The summed E-state index contributed by atoms with van der Waals surface area (Å²) in [5, 5.41) is 6.46. The van der Waals surface area contributed by atoms with Crippen LogP contribution in [0.2, 0.25) is 0 Å². The van der Waals surface area contributed by atoms with E-state index in [1.165, 1.54) is 0 Å². The molecule has 9 heteroatoms. The van der Waals surface area contributed by atoms with Crippen LogP contribution in [-0.2, 0) is 9.47 Å². The third kappa shape index (κ3) is 5.82. The average molecular weight is 336 g/mol. The van der Waals surface area contributed by atoms with E-state index in [-0.39, 0.29) is 0 Å². The number of morpholine rings is 2. The Morgan fingerprint density at radius 2 is 1.25 bits per heavy atom. The smallest absolute Gasteiger partial charge is 0.228 e. The maximum atomic E-state index is 5.34. The number of hydrogen-bond acceptors (Lipinski definition) is 9. The maximum absolute atomic E-state index is 5.34. The number of rotatable bonds is 8. The van der Waals surface area contributed by atoms with Gasteiger partial charge < -0.3 is 20.1 Å². The molecule has 3 heterocycles. The molecule has 9 nitrogen and oxygen atoms in total. The lowest BCUT2D eigenvalue weighted by Gasteiger charge is -2.26. The minimum absolute atomic E-state index is 0.562. The number of hydrogen-bond donors (Lipinski definition) is 2. The van der Waals surface area contributed by atoms with Crippen LogP contribution < -0.4 is 10.6 Å². The highest BCUT2D eigenvalue weighted by molar-refractivity contribution is 5.32. The second-order valence-corrected chi connectivity index (χ2v) is 5.84. The summed E-state index contributed by atoms with van der Waals surface area (Å²) in [6.07, 6.45) is 2.65. The van der Waals surface area contributed by atoms with Gasteiger partial charge in [-0.1, -0.05) is 0 Å². The van der Waals surface area contributed by atoms with Gasteiger partial charge in [0.25, 0.3) is 0 Å². The summed E-state index contributed by atoms with van der Waals surface area (Å²) in [4.78, 5) is 17.2. The molecule has 0 spiro atoms. The molecule has 3 rings (SSSR count). The predicted molar refractivity (Wildman–Crippen MR) is 90.2 cm³/mol. The first-order chi connectivity index (χ1) is 11.9. The Balaban J connectivity index is 1.35. The normalized spacial score (nSPS) is 20.0. The van der Waals surface area contributed by atoms with Crippen molar-refractivity contribution in [2.45, 2.75) is 0 Å². The zero-order chi connectivity index (χ0) is 16.5. The van der Waals surface area contributed by atoms with E-state index in [2.05, 4.69) is 41.7 Å². The topological polar surface area (TPSA) is 87.7 Å². The first-order valence-corrected chi connectivity index (χ1v) is 8.60. The molecule has 0 amide bonds. The largest absolute Gasteiger partial charge is 0.379 e. The Bertz CT molecular complexity index is 439. The summed E-state index contributed by atoms with van der Waals surface area (Å²) in [7, 11) is 0. The van der Waals surface area contributed by atoms with E-state index < -0.39 is 0 Å². The molecule has 1 aromatic rings. The van der Waals surface area contributed by atoms with Gasteiger partial charge in [0.2, 0.25) is 18.2 Å². The first-order valence-electron chi connectivity index (χ1n) is 8.60. The van der Waals surface area contributed by atoms with Crippen LogP contribution in [0.25, 0.3) is 0 Å². The molecule has 24 heavy (non-hydrogen) atoms. The van der Waals surface area contributed by atoms with Crippen LogP contribution in [0.1, 0.15) is 0 Å². The lowest BCUT2D eigenvalue weighted by molar-refractivity contribution is 0.0398. The highest BCUT2D eigenvalue weighted by Crippen LogP contribution is 2.02. The first kappa shape index (κ1) is 17.3. The SMILES string of the molecule is [c]1nc(NCCN2CCOCC2)nc(NCCN2CCOCC2)n1. The van der Waals surface area contributed by atoms with Crippen LogP contribution in [0.5, 0.6) is 0 Å². The number of aromatic nitrogens is 3. The van der Waals surface area contributed by atoms with Crippen molar-refractivity contribution in [1.82, 2.24) is 24.8 Å². The molecule has 1 aromatic heterocycles. The van der Waals surface area contributed by atoms with E-state index in [0.717, 1.165) is 78.8 Å². The number of anilines is 2. The van der Waals surface area contributed by atoms with Crippen LogP contribution in [-0.4, -0.2) is 104 Å². The van der Waals surface area contributed by atoms with Gasteiger partial charge in [0.1, 0.15) is 0 Å². The Hall–Kier alpha value is -1.55. The minimum Gasteiger partial charge on any atom is -0.379 e. The van der Waals surface area contributed by atoms with Gasteiger partial charge in [-0.3, -0.25) is 9.80 Å². The van der Waals surface area contributed by atoms with Crippen molar-refractivity contribution >= 4 is 11.9 Å². The fourth-order valence-corrected chi connectivity index (χ4v) is 2.73. The van der Waals surface area contributed by atoms with E-state index in [9.17, 15) is 0 Å². The second-order valence-electron chi connectivity index (χ2n) is 5.84. The van der Waals surface area contributed by atoms with Crippen molar-refractivity contribution in [2.75, 3.05) is 89.4 Å². The lowest BCUT2D eigenvalue weighted by atomic mass is 10.4. The monoisotopic (exact) mass is 336 g/mol. The van der Waals surface area contributed by atoms with Gasteiger partial charge in [0.05, 0.1) is 26.4 Å². The summed E-state index contributed by atoms with van der Waals surface area (Å²) >= 11 is 0. The van der Waals surface area contributed by atoms with E-state index in [1.807, 2.05) is 0 Å². The van der Waals surface area contributed by atoms with Crippen molar-refractivity contribution < 1.29 is 9.47 Å². The van der Waals surface area contributed by atoms with Gasteiger partial charge >= 0.3 is 0 Å². The van der Waals surface area contributed by atoms with Gasteiger partial charge in [-0.15, -0.1) is 0 Å². The maximum Gasteiger partial charge on any atom is 0.228 e. The molecule has 0 aromatic carbocycles. The minimum atomic E-state index is 0.562. The fraction of sp³-hybridized carbons (Fsp3) is 0.800. The second kappa shape index (κ2) is 9.67. The van der Waals surface area contributed by atoms with E-state index in [0.29, 0.717) is 11.9 Å². The van der Waals surface area contributed by atoms with Crippen LogP contribution in [0, 0.1) is 6.33 Å². The van der Waals surface area contributed by atoms with Gasteiger partial charge in [-0.25, -0.2) is 0 Å². The number of nitrogens with one attached hydrogen (secondary N) is 2. The van der Waals surface area contributed by atoms with E-state index in [1.54, 1.807) is 0 Å². The summed E-state index contributed by atoms with van der Waals surface area (Å²) < 4.78 is 10.7. The average Bonchev–Trinajstić information content (AvgIpc) is 2.64. The highest BCUT2D eigenvalue weighted by atomic mass is 16.5. The fourth-order valence-electron chi connectivity index (χ4n) is 2.73. The highest BCUT2D eigenvalue weighted by Gasteiger charge is 2.11. The molecule has 0 atom stereocenters. The van der Waals surface area contributed by atoms with Crippen LogP contribution in [0.15, 0.2) is 0 Å². The predicted octanol–water partition coefficient (Wildman–Crippen LogP) is -0.840. The third-order valence-electron chi connectivity index (χ3n) is 4.15. The van der Waals surface area contributed by atoms with Crippen molar-refractivity contribution in [3.8, 4) is 0 Å². The zero-order valence-electron chi connectivity index (χ0n) is 14.0. The Labute approximate surface area is 142 Å². The molecule has 2 aliphatic heterocycles. The molecular formula is C15H26N7O2. The molecule has 0 saturated carbocycles. The quantitative estimate of drug-likeness (QED) is 0.631.